The Labute approximate surface area is 173 Å². The monoisotopic (exact) mass is 407 g/mol. The van der Waals surface area contributed by atoms with Gasteiger partial charge in [0.25, 0.3) is 0 Å². The van der Waals surface area contributed by atoms with Gasteiger partial charge in [-0.15, -0.1) is 0 Å². The van der Waals surface area contributed by atoms with Crippen molar-refractivity contribution in [2.24, 2.45) is 5.92 Å². The Hall–Kier alpha value is -3.12. The van der Waals surface area contributed by atoms with Crippen LogP contribution in [0.1, 0.15) is 18.1 Å². The fourth-order valence-corrected chi connectivity index (χ4v) is 3.78. The van der Waals surface area contributed by atoms with Gasteiger partial charge in [-0.3, -0.25) is 9.48 Å². The molecule has 7 heteroatoms. The van der Waals surface area contributed by atoms with Crippen molar-refractivity contribution in [1.82, 2.24) is 25.1 Å². The summed E-state index contributed by atoms with van der Waals surface area (Å²) in [5.41, 5.74) is 5.28. The van der Waals surface area contributed by atoms with E-state index in [4.69, 9.17) is 11.6 Å². The average molecular weight is 408 g/mol. The summed E-state index contributed by atoms with van der Waals surface area (Å²) in [6.45, 7) is 4.83. The lowest BCUT2D eigenvalue weighted by Crippen LogP contribution is -2.31. The molecule has 0 unspecified atom stereocenters. The standard InChI is InChI=1S/C22H22ClN5O/c1-14(11-28-13-24-12-26-28)22(29)25-10-17-8-18(23)9-19-15(2)20(27-21(17)19)16-6-4-3-5-7-16/h3-9,12-14,27H,10-11H2,1-2H3,(H,25,29)/t14-/m0/s1. The van der Waals surface area contributed by atoms with Crippen LogP contribution in [0.25, 0.3) is 22.2 Å². The van der Waals surface area contributed by atoms with Gasteiger partial charge in [0.15, 0.2) is 0 Å². The minimum Gasteiger partial charge on any atom is -0.354 e. The molecule has 6 nitrogen and oxygen atoms in total. The Bertz CT molecular complexity index is 1140. The molecule has 2 N–H and O–H groups in total. The molecule has 29 heavy (non-hydrogen) atoms. The number of rotatable bonds is 6. The lowest BCUT2D eigenvalue weighted by atomic mass is 10.0. The molecule has 0 aliphatic carbocycles. The van der Waals surface area contributed by atoms with Gasteiger partial charge in [0.1, 0.15) is 12.7 Å². The van der Waals surface area contributed by atoms with Gasteiger partial charge in [-0.1, -0.05) is 48.9 Å². The molecule has 0 radical (unpaired) electrons. The maximum absolute atomic E-state index is 12.5. The number of amides is 1. The molecular formula is C22H22ClN5O. The maximum Gasteiger partial charge on any atom is 0.224 e. The maximum atomic E-state index is 12.5. The lowest BCUT2D eigenvalue weighted by molar-refractivity contribution is -0.125. The quantitative estimate of drug-likeness (QED) is 0.499. The molecular weight excluding hydrogens is 386 g/mol. The summed E-state index contributed by atoms with van der Waals surface area (Å²) >= 11 is 6.38. The number of hydrogen-bond donors (Lipinski definition) is 2. The largest absolute Gasteiger partial charge is 0.354 e. The highest BCUT2D eigenvalue weighted by Gasteiger charge is 2.17. The van der Waals surface area contributed by atoms with Gasteiger partial charge in [-0.05, 0) is 35.7 Å². The third-order valence-corrected chi connectivity index (χ3v) is 5.32. The van der Waals surface area contributed by atoms with E-state index in [0.29, 0.717) is 18.1 Å². The Morgan fingerprint density at radius 2 is 2.07 bits per heavy atom. The van der Waals surface area contributed by atoms with Crippen LogP contribution in [-0.2, 0) is 17.9 Å². The molecule has 1 atom stereocenters. The van der Waals surface area contributed by atoms with Crippen LogP contribution in [0.15, 0.2) is 55.1 Å². The SMILES string of the molecule is Cc1c(-c2ccccc2)[nH]c2c(CNC(=O)[C@@H](C)Cn3cncn3)cc(Cl)cc12. The number of carbonyl (C=O) groups is 1. The number of nitrogens with zero attached hydrogens (tertiary/aromatic N) is 3. The van der Waals surface area contributed by atoms with Gasteiger partial charge in [0.05, 0.1) is 18.0 Å². The normalized spacial score (nSPS) is 12.2. The van der Waals surface area contributed by atoms with Crippen LogP contribution < -0.4 is 5.32 Å². The number of nitrogens with one attached hydrogen (secondary N) is 2. The summed E-state index contributed by atoms with van der Waals surface area (Å²) in [6.07, 6.45) is 3.07. The van der Waals surface area contributed by atoms with Gasteiger partial charge < -0.3 is 10.3 Å². The highest BCUT2D eigenvalue weighted by Crippen LogP contribution is 2.33. The molecule has 148 valence electrons. The van der Waals surface area contributed by atoms with E-state index >= 15 is 0 Å². The van der Waals surface area contributed by atoms with Gasteiger partial charge in [0, 0.05) is 22.6 Å². The van der Waals surface area contributed by atoms with E-state index in [0.717, 1.165) is 33.3 Å². The predicted molar refractivity (Wildman–Crippen MR) is 115 cm³/mol. The molecule has 0 bridgehead atoms. The number of H-pyrrole nitrogens is 1. The summed E-state index contributed by atoms with van der Waals surface area (Å²) in [5, 5.41) is 8.79. The van der Waals surface area contributed by atoms with Crippen LogP contribution in [-0.4, -0.2) is 25.7 Å². The molecule has 2 heterocycles. The number of benzene rings is 2. The molecule has 4 rings (SSSR count). The molecule has 0 saturated carbocycles. The van der Waals surface area contributed by atoms with Crippen molar-refractivity contribution in [3.8, 4) is 11.3 Å². The highest BCUT2D eigenvalue weighted by atomic mass is 35.5. The first-order chi connectivity index (χ1) is 14.0. The van der Waals surface area contributed by atoms with Crippen molar-refractivity contribution >= 4 is 28.4 Å². The Balaban J connectivity index is 1.58. The van der Waals surface area contributed by atoms with Crippen molar-refractivity contribution in [3.63, 3.8) is 0 Å². The number of aromatic nitrogens is 4. The summed E-state index contributed by atoms with van der Waals surface area (Å²) in [7, 11) is 0. The predicted octanol–water partition coefficient (Wildman–Crippen LogP) is 4.34. The zero-order chi connectivity index (χ0) is 20.4. The first kappa shape index (κ1) is 19.2. The third kappa shape index (κ3) is 4.03. The van der Waals surface area contributed by atoms with Crippen LogP contribution in [0.4, 0.5) is 0 Å². The Morgan fingerprint density at radius 3 is 2.79 bits per heavy atom. The van der Waals surface area contributed by atoms with Crippen LogP contribution in [0.5, 0.6) is 0 Å². The van der Waals surface area contributed by atoms with Gasteiger partial charge in [0.2, 0.25) is 5.91 Å². The van der Waals surface area contributed by atoms with E-state index in [1.165, 1.54) is 6.33 Å². The van der Waals surface area contributed by atoms with Crippen LogP contribution in [0.2, 0.25) is 5.02 Å². The van der Waals surface area contributed by atoms with Crippen LogP contribution in [0, 0.1) is 12.8 Å². The van der Waals surface area contributed by atoms with Crippen molar-refractivity contribution < 1.29 is 4.79 Å². The van der Waals surface area contributed by atoms with Crippen molar-refractivity contribution in [3.05, 3.63) is 71.3 Å². The van der Waals surface area contributed by atoms with E-state index in [2.05, 4.69) is 39.4 Å². The second kappa shape index (κ2) is 8.09. The summed E-state index contributed by atoms with van der Waals surface area (Å²) in [6, 6.07) is 14.1. The van der Waals surface area contributed by atoms with Crippen LogP contribution in [0.3, 0.4) is 0 Å². The zero-order valence-electron chi connectivity index (χ0n) is 16.3. The Kier molecular flexibility index (Phi) is 5.36. The summed E-state index contributed by atoms with van der Waals surface area (Å²) < 4.78 is 1.66. The number of fused-ring (bicyclic) bond motifs is 1. The molecule has 0 aliphatic rings. The smallest absolute Gasteiger partial charge is 0.224 e. The van der Waals surface area contributed by atoms with Crippen LogP contribution >= 0.6 is 11.6 Å². The van der Waals surface area contributed by atoms with Crippen molar-refractivity contribution in [1.29, 1.82) is 0 Å². The topological polar surface area (TPSA) is 75.6 Å². The number of aromatic amines is 1. The van der Waals surface area contributed by atoms with Gasteiger partial charge in [-0.25, -0.2) is 4.98 Å². The van der Waals surface area contributed by atoms with Crippen molar-refractivity contribution in [2.45, 2.75) is 26.9 Å². The fourth-order valence-electron chi connectivity index (χ4n) is 3.54. The summed E-state index contributed by atoms with van der Waals surface area (Å²) in [5.74, 6) is -0.267. The zero-order valence-corrected chi connectivity index (χ0v) is 17.1. The lowest BCUT2D eigenvalue weighted by Gasteiger charge is -2.13. The van der Waals surface area contributed by atoms with E-state index in [-0.39, 0.29) is 11.8 Å². The third-order valence-electron chi connectivity index (χ3n) is 5.10. The minimum absolute atomic E-state index is 0.0415. The molecule has 2 aromatic heterocycles. The number of carbonyl (C=O) groups excluding carboxylic acids is 1. The first-order valence-corrected chi connectivity index (χ1v) is 9.87. The first-order valence-electron chi connectivity index (χ1n) is 9.49. The molecule has 0 saturated heterocycles. The van der Waals surface area contributed by atoms with E-state index in [1.54, 1.807) is 11.0 Å². The van der Waals surface area contributed by atoms with Gasteiger partial charge >= 0.3 is 0 Å². The minimum atomic E-state index is -0.225. The number of aryl methyl sites for hydroxylation is 1. The molecule has 1 amide bonds. The molecule has 0 aliphatic heterocycles. The number of halogens is 1. The van der Waals surface area contributed by atoms with E-state index in [9.17, 15) is 4.79 Å². The number of hydrogen-bond acceptors (Lipinski definition) is 3. The molecule has 4 aromatic rings. The average Bonchev–Trinajstić information content (AvgIpc) is 3.35. The van der Waals surface area contributed by atoms with E-state index < -0.39 is 0 Å². The van der Waals surface area contributed by atoms with E-state index in [1.807, 2.05) is 37.3 Å². The second-order valence-corrected chi connectivity index (χ2v) is 7.65. The molecule has 0 fully saturated rings. The molecule has 2 aromatic carbocycles. The Morgan fingerprint density at radius 1 is 1.28 bits per heavy atom. The highest BCUT2D eigenvalue weighted by molar-refractivity contribution is 6.31. The summed E-state index contributed by atoms with van der Waals surface area (Å²) in [4.78, 5) is 20.0. The molecule has 0 spiro atoms. The van der Waals surface area contributed by atoms with Crippen molar-refractivity contribution in [2.75, 3.05) is 0 Å². The second-order valence-electron chi connectivity index (χ2n) is 7.21. The van der Waals surface area contributed by atoms with Gasteiger partial charge in [-0.2, -0.15) is 5.10 Å². The fraction of sp³-hybridized carbons (Fsp3) is 0.227.